The van der Waals surface area contributed by atoms with E-state index in [4.69, 9.17) is 0 Å². The van der Waals surface area contributed by atoms with E-state index in [0.29, 0.717) is 11.4 Å². The summed E-state index contributed by atoms with van der Waals surface area (Å²) in [6.45, 7) is 14.1. The van der Waals surface area contributed by atoms with Gasteiger partial charge in [0.1, 0.15) is 0 Å². The maximum Gasteiger partial charge on any atom is 0.264 e. The van der Waals surface area contributed by atoms with Crippen molar-refractivity contribution in [3.8, 4) is 0 Å². The van der Waals surface area contributed by atoms with E-state index in [1.165, 1.54) is 4.31 Å². The van der Waals surface area contributed by atoms with Crippen molar-refractivity contribution < 1.29 is 8.42 Å². The maximum atomic E-state index is 13.4. The van der Waals surface area contributed by atoms with Crippen LogP contribution in [0.25, 0.3) is 6.08 Å². The van der Waals surface area contributed by atoms with Crippen molar-refractivity contribution in [1.82, 2.24) is 0 Å². The Morgan fingerprint density at radius 3 is 2.24 bits per heavy atom. The molecule has 0 fully saturated rings. The van der Waals surface area contributed by atoms with Gasteiger partial charge in [0.15, 0.2) is 0 Å². The first-order chi connectivity index (χ1) is 11.7. The summed E-state index contributed by atoms with van der Waals surface area (Å²) in [7, 11) is -3.63. The Hall–Kier alpha value is -2.07. The van der Waals surface area contributed by atoms with E-state index in [0.717, 1.165) is 27.9 Å². The summed E-state index contributed by atoms with van der Waals surface area (Å²) in [5.41, 5.74) is 4.67. The van der Waals surface area contributed by atoms with E-state index < -0.39 is 10.0 Å². The molecule has 0 aliphatic heterocycles. The van der Waals surface area contributed by atoms with E-state index in [-0.39, 0.29) is 5.92 Å². The van der Waals surface area contributed by atoms with Crippen LogP contribution in [0.4, 0.5) is 5.69 Å². The van der Waals surface area contributed by atoms with Gasteiger partial charge < -0.3 is 0 Å². The molecule has 0 aromatic heterocycles. The van der Waals surface area contributed by atoms with Crippen LogP contribution in [-0.2, 0) is 10.0 Å². The fourth-order valence-corrected chi connectivity index (χ4v) is 4.69. The number of hydrogen-bond acceptors (Lipinski definition) is 2. The monoisotopic (exact) mass is 357 g/mol. The van der Waals surface area contributed by atoms with Crippen molar-refractivity contribution in [2.45, 2.75) is 39.5 Å². The Morgan fingerprint density at radius 2 is 1.72 bits per heavy atom. The standard InChI is InChI=1S/C21H27NO2S/c1-7-19-9-10-20(13-17(19)5)25(23,24)22(14-15(2)3)21-11-8-16(4)12-18(21)6/h7-13,15H,1,14H2,2-6H3. The predicted octanol–water partition coefficient (Wildman–Crippen LogP) is 5.11. The molecule has 0 saturated heterocycles. The van der Waals surface area contributed by atoms with Gasteiger partial charge in [-0.05, 0) is 61.6 Å². The van der Waals surface area contributed by atoms with Gasteiger partial charge in [-0.3, -0.25) is 4.31 Å². The van der Waals surface area contributed by atoms with Crippen LogP contribution in [0.3, 0.4) is 0 Å². The highest BCUT2D eigenvalue weighted by Gasteiger charge is 2.27. The fraction of sp³-hybridized carbons (Fsp3) is 0.333. The minimum atomic E-state index is -3.63. The van der Waals surface area contributed by atoms with Crippen LogP contribution in [0.1, 0.15) is 36.1 Å². The third-order valence-corrected chi connectivity index (χ3v) is 5.98. The molecule has 2 aromatic carbocycles. The van der Waals surface area contributed by atoms with E-state index in [2.05, 4.69) is 6.58 Å². The first-order valence-electron chi connectivity index (χ1n) is 8.50. The molecule has 25 heavy (non-hydrogen) atoms. The summed E-state index contributed by atoms with van der Waals surface area (Å²) in [6.07, 6.45) is 1.74. The molecule has 0 saturated carbocycles. The van der Waals surface area contributed by atoms with Gasteiger partial charge in [-0.1, -0.05) is 50.3 Å². The number of benzene rings is 2. The molecule has 4 heteroatoms. The third kappa shape index (κ3) is 4.13. The molecule has 2 aromatic rings. The molecule has 0 amide bonds. The summed E-state index contributed by atoms with van der Waals surface area (Å²) in [5, 5.41) is 0. The van der Waals surface area contributed by atoms with Gasteiger partial charge in [0, 0.05) is 6.54 Å². The molecular formula is C21H27NO2S. The van der Waals surface area contributed by atoms with Crippen molar-refractivity contribution >= 4 is 21.8 Å². The fourth-order valence-electron chi connectivity index (χ4n) is 2.91. The maximum absolute atomic E-state index is 13.4. The van der Waals surface area contributed by atoms with Crippen LogP contribution in [0, 0.1) is 26.7 Å². The molecule has 0 bridgehead atoms. The molecule has 3 nitrogen and oxygen atoms in total. The van der Waals surface area contributed by atoms with Gasteiger partial charge in [0.2, 0.25) is 0 Å². The van der Waals surface area contributed by atoms with E-state index in [1.54, 1.807) is 18.2 Å². The summed E-state index contributed by atoms with van der Waals surface area (Å²) < 4.78 is 28.3. The lowest BCUT2D eigenvalue weighted by molar-refractivity contribution is 0.577. The number of anilines is 1. The zero-order chi connectivity index (χ0) is 18.8. The third-order valence-electron chi connectivity index (χ3n) is 4.20. The van der Waals surface area contributed by atoms with Gasteiger partial charge in [-0.25, -0.2) is 8.42 Å². The second-order valence-electron chi connectivity index (χ2n) is 6.94. The Bertz CT molecular complexity index is 883. The Kier molecular flexibility index (Phi) is 5.73. The molecule has 0 aliphatic carbocycles. The molecule has 2 rings (SSSR count). The molecule has 0 unspecified atom stereocenters. The highest BCUT2D eigenvalue weighted by molar-refractivity contribution is 7.92. The SMILES string of the molecule is C=Cc1ccc(S(=O)(=O)N(CC(C)C)c2ccc(C)cc2C)cc1C. The van der Waals surface area contributed by atoms with Crippen molar-refractivity contribution in [2.24, 2.45) is 5.92 Å². The smallest absolute Gasteiger partial charge is 0.264 e. The number of rotatable bonds is 6. The van der Waals surface area contributed by atoms with Crippen molar-refractivity contribution in [2.75, 3.05) is 10.8 Å². The van der Waals surface area contributed by atoms with Gasteiger partial charge >= 0.3 is 0 Å². The first kappa shape index (κ1) is 19.3. The lowest BCUT2D eigenvalue weighted by Gasteiger charge is -2.28. The molecular weight excluding hydrogens is 330 g/mol. The Morgan fingerprint density at radius 1 is 1.04 bits per heavy atom. The molecule has 0 radical (unpaired) electrons. The van der Waals surface area contributed by atoms with Crippen LogP contribution in [0.2, 0.25) is 0 Å². The quantitative estimate of drug-likeness (QED) is 0.721. The number of aryl methyl sites for hydroxylation is 3. The number of hydrogen-bond donors (Lipinski definition) is 0. The van der Waals surface area contributed by atoms with Gasteiger partial charge in [-0.2, -0.15) is 0 Å². The summed E-state index contributed by atoms with van der Waals surface area (Å²) in [4.78, 5) is 0.316. The normalized spacial score (nSPS) is 11.6. The molecule has 0 N–H and O–H groups in total. The van der Waals surface area contributed by atoms with Crippen molar-refractivity contribution in [3.63, 3.8) is 0 Å². The van der Waals surface area contributed by atoms with Gasteiger partial charge in [-0.15, -0.1) is 0 Å². The van der Waals surface area contributed by atoms with Gasteiger partial charge in [0.05, 0.1) is 10.6 Å². The first-order valence-corrected chi connectivity index (χ1v) is 9.94. The van der Waals surface area contributed by atoms with E-state index in [1.807, 2.05) is 58.9 Å². The van der Waals surface area contributed by atoms with Crippen LogP contribution >= 0.6 is 0 Å². The second-order valence-corrected chi connectivity index (χ2v) is 8.80. The highest BCUT2D eigenvalue weighted by atomic mass is 32.2. The largest absolute Gasteiger partial charge is 0.266 e. The zero-order valence-corrected chi connectivity index (χ0v) is 16.5. The molecule has 0 heterocycles. The topological polar surface area (TPSA) is 37.4 Å². The molecule has 0 aliphatic rings. The van der Waals surface area contributed by atoms with Crippen molar-refractivity contribution in [3.05, 3.63) is 65.2 Å². The van der Waals surface area contributed by atoms with Crippen molar-refractivity contribution in [1.29, 1.82) is 0 Å². The van der Waals surface area contributed by atoms with Crippen LogP contribution in [0.5, 0.6) is 0 Å². The summed E-state index contributed by atoms with van der Waals surface area (Å²) in [5.74, 6) is 0.212. The molecule has 0 spiro atoms. The summed E-state index contributed by atoms with van der Waals surface area (Å²) >= 11 is 0. The van der Waals surface area contributed by atoms with Gasteiger partial charge in [0.25, 0.3) is 10.0 Å². The number of sulfonamides is 1. The van der Waals surface area contributed by atoms with E-state index >= 15 is 0 Å². The Balaban J connectivity index is 2.59. The Labute approximate surface area is 152 Å². The minimum Gasteiger partial charge on any atom is -0.266 e. The van der Waals surface area contributed by atoms with E-state index in [9.17, 15) is 8.42 Å². The average molecular weight is 358 g/mol. The predicted molar refractivity (Wildman–Crippen MR) is 107 cm³/mol. The summed E-state index contributed by atoms with van der Waals surface area (Å²) in [6, 6.07) is 11.1. The number of nitrogens with zero attached hydrogens (tertiary/aromatic N) is 1. The lowest BCUT2D eigenvalue weighted by Crippen LogP contribution is -2.35. The average Bonchev–Trinajstić information content (AvgIpc) is 2.52. The lowest BCUT2D eigenvalue weighted by atomic mass is 10.1. The minimum absolute atomic E-state index is 0.212. The second kappa shape index (κ2) is 7.44. The van der Waals surface area contributed by atoms with Crippen LogP contribution in [0.15, 0.2) is 47.9 Å². The zero-order valence-electron chi connectivity index (χ0n) is 15.7. The molecule has 134 valence electrons. The van der Waals surface area contributed by atoms with Crippen LogP contribution in [-0.4, -0.2) is 15.0 Å². The van der Waals surface area contributed by atoms with Crippen LogP contribution < -0.4 is 4.31 Å². The highest BCUT2D eigenvalue weighted by Crippen LogP contribution is 2.29. The molecule has 0 atom stereocenters.